The molecule has 1 aromatic rings. The summed E-state index contributed by atoms with van der Waals surface area (Å²) in [6.45, 7) is 6.06. The number of amidine groups is 1. The van der Waals surface area contributed by atoms with Gasteiger partial charge in [0.2, 0.25) is 0 Å². The van der Waals surface area contributed by atoms with Gasteiger partial charge in [-0.15, -0.1) is 0 Å². The Hall–Kier alpha value is -1.46. The van der Waals surface area contributed by atoms with E-state index in [0.717, 1.165) is 13.0 Å². The van der Waals surface area contributed by atoms with Crippen molar-refractivity contribution in [3.63, 3.8) is 0 Å². The highest BCUT2D eigenvalue weighted by Gasteiger charge is 2.16. The van der Waals surface area contributed by atoms with Crippen LogP contribution in [-0.2, 0) is 11.3 Å². The second-order valence-electron chi connectivity index (χ2n) is 4.91. The highest BCUT2D eigenvalue weighted by Crippen LogP contribution is 2.17. The van der Waals surface area contributed by atoms with E-state index in [2.05, 4.69) is 18.7 Å². The number of rotatable bonds is 8. The molecule has 1 unspecified atom stereocenters. The lowest BCUT2D eigenvalue weighted by Crippen LogP contribution is -2.35. The molecule has 0 saturated heterocycles. The molecule has 0 radical (unpaired) electrons. The number of nitrogen functional groups attached to an aromatic ring is 1. The average molecular weight is 281 g/mol. The fourth-order valence-corrected chi connectivity index (χ4v) is 2.05. The Morgan fingerprint density at radius 2 is 2.20 bits per heavy atom. The molecule has 0 saturated carbocycles. The molecule has 112 valence electrons. The maximum atomic E-state index is 14.3. The molecule has 0 fully saturated rings. The van der Waals surface area contributed by atoms with Crippen molar-refractivity contribution in [1.29, 1.82) is 5.41 Å². The molecular weight excluding hydrogens is 257 g/mol. The van der Waals surface area contributed by atoms with E-state index in [1.165, 1.54) is 6.07 Å². The number of ether oxygens (including phenoxy) is 1. The first-order valence-electron chi connectivity index (χ1n) is 6.86. The molecule has 0 amide bonds. The van der Waals surface area contributed by atoms with Crippen molar-refractivity contribution in [2.45, 2.75) is 32.9 Å². The highest BCUT2D eigenvalue weighted by atomic mass is 19.1. The summed E-state index contributed by atoms with van der Waals surface area (Å²) in [5.41, 5.74) is 6.12. The monoisotopic (exact) mass is 281 g/mol. The lowest BCUT2D eigenvalue weighted by atomic mass is 10.1. The Morgan fingerprint density at radius 3 is 2.75 bits per heavy atom. The normalized spacial score (nSPS) is 12.7. The lowest BCUT2D eigenvalue weighted by Gasteiger charge is -2.28. The van der Waals surface area contributed by atoms with E-state index in [4.69, 9.17) is 15.9 Å². The summed E-state index contributed by atoms with van der Waals surface area (Å²) in [6.07, 6.45) is 0.984. The SMILES string of the molecule is CCC(C)N(CCOC)Cc1cccc(C(=N)N)c1F. The Morgan fingerprint density at radius 1 is 1.50 bits per heavy atom. The minimum Gasteiger partial charge on any atom is -0.384 e. The standard InChI is InChI=1S/C15H24FN3O/c1-4-11(2)19(8-9-20-3)10-12-6-5-7-13(14(12)16)15(17)18/h5-7,11H,4,8-10H2,1-3H3,(H3,17,18). The van der Waals surface area contributed by atoms with Gasteiger partial charge in [0.1, 0.15) is 11.7 Å². The zero-order valence-corrected chi connectivity index (χ0v) is 12.4. The van der Waals surface area contributed by atoms with E-state index in [1.54, 1.807) is 19.2 Å². The van der Waals surface area contributed by atoms with Gasteiger partial charge in [-0.05, 0) is 19.4 Å². The van der Waals surface area contributed by atoms with Crippen LogP contribution in [0.15, 0.2) is 18.2 Å². The largest absolute Gasteiger partial charge is 0.384 e. The molecule has 1 atom stereocenters. The Balaban J connectivity index is 2.93. The molecule has 0 aliphatic rings. The molecule has 3 N–H and O–H groups in total. The number of nitrogens with two attached hydrogens (primary N) is 1. The van der Waals surface area contributed by atoms with Gasteiger partial charge >= 0.3 is 0 Å². The van der Waals surface area contributed by atoms with Crippen molar-refractivity contribution in [3.05, 3.63) is 35.1 Å². The molecule has 1 aromatic carbocycles. The molecule has 0 aliphatic carbocycles. The molecule has 0 aromatic heterocycles. The molecule has 4 nitrogen and oxygen atoms in total. The average Bonchev–Trinajstić information content (AvgIpc) is 2.43. The van der Waals surface area contributed by atoms with Crippen molar-refractivity contribution < 1.29 is 9.13 Å². The summed E-state index contributed by atoms with van der Waals surface area (Å²) >= 11 is 0. The van der Waals surface area contributed by atoms with Gasteiger partial charge in [-0.25, -0.2) is 4.39 Å². The topological polar surface area (TPSA) is 62.3 Å². The first-order valence-corrected chi connectivity index (χ1v) is 6.86. The summed E-state index contributed by atoms with van der Waals surface area (Å²) < 4.78 is 19.4. The van der Waals surface area contributed by atoms with Gasteiger partial charge in [-0.1, -0.05) is 19.1 Å². The van der Waals surface area contributed by atoms with Crippen molar-refractivity contribution in [1.82, 2.24) is 4.90 Å². The van der Waals surface area contributed by atoms with Gasteiger partial charge in [0.05, 0.1) is 12.2 Å². The van der Waals surface area contributed by atoms with Gasteiger partial charge in [-0.3, -0.25) is 10.3 Å². The first kappa shape index (κ1) is 16.6. The maximum absolute atomic E-state index is 14.3. The van der Waals surface area contributed by atoms with Crippen LogP contribution in [0.5, 0.6) is 0 Å². The fourth-order valence-electron chi connectivity index (χ4n) is 2.05. The van der Waals surface area contributed by atoms with Gasteiger partial charge in [0, 0.05) is 31.8 Å². The van der Waals surface area contributed by atoms with Crippen LogP contribution in [0.4, 0.5) is 4.39 Å². The van der Waals surface area contributed by atoms with Gasteiger partial charge < -0.3 is 10.5 Å². The van der Waals surface area contributed by atoms with Gasteiger partial charge in [-0.2, -0.15) is 0 Å². The lowest BCUT2D eigenvalue weighted by molar-refractivity contribution is 0.117. The van der Waals surface area contributed by atoms with Crippen molar-refractivity contribution in [2.75, 3.05) is 20.3 Å². The number of benzene rings is 1. The quantitative estimate of drug-likeness (QED) is 0.568. The van der Waals surface area contributed by atoms with Crippen LogP contribution >= 0.6 is 0 Å². The first-order chi connectivity index (χ1) is 9.51. The minimum absolute atomic E-state index is 0.165. The third-order valence-electron chi connectivity index (χ3n) is 3.54. The Labute approximate surface area is 120 Å². The molecule has 20 heavy (non-hydrogen) atoms. The Bertz CT molecular complexity index is 451. The number of nitrogens with zero attached hydrogens (tertiary/aromatic N) is 1. The van der Waals surface area contributed by atoms with E-state index < -0.39 is 5.82 Å². The molecule has 0 spiro atoms. The predicted molar refractivity (Wildman–Crippen MR) is 79.5 cm³/mol. The third kappa shape index (κ3) is 4.28. The van der Waals surface area contributed by atoms with E-state index >= 15 is 0 Å². The van der Waals surface area contributed by atoms with Crippen LogP contribution in [0, 0.1) is 11.2 Å². The summed E-state index contributed by atoms with van der Waals surface area (Å²) in [7, 11) is 1.66. The van der Waals surface area contributed by atoms with Crippen molar-refractivity contribution in [3.8, 4) is 0 Å². The van der Waals surface area contributed by atoms with Crippen molar-refractivity contribution in [2.24, 2.45) is 5.73 Å². The second-order valence-corrected chi connectivity index (χ2v) is 4.91. The predicted octanol–water partition coefficient (Wildman–Crippen LogP) is 2.36. The van der Waals surface area contributed by atoms with Gasteiger partial charge in [0.25, 0.3) is 0 Å². The van der Waals surface area contributed by atoms with Crippen LogP contribution in [0.25, 0.3) is 0 Å². The summed E-state index contributed by atoms with van der Waals surface area (Å²) in [6, 6.07) is 5.35. The van der Waals surface area contributed by atoms with E-state index in [1.807, 2.05) is 0 Å². The van der Waals surface area contributed by atoms with Crippen molar-refractivity contribution >= 4 is 5.84 Å². The molecule has 5 heteroatoms. The van der Waals surface area contributed by atoms with Crippen LogP contribution in [0.1, 0.15) is 31.4 Å². The zero-order valence-electron chi connectivity index (χ0n) is 12.4. The Kier molecular flexibility index (Phi) is 6.61. The fraction of sp³-hybridized carbons (Fsp3) is 0.533. The number of halogens is 1. The molecule has 0 bridgehead atoms. The molecular formula is C15H24FN3O. The minimum atomic E-state index is -0.397. The summed E-state index contributed by atoms with van der Waals surface area (Å²) in [5.74, 6) is -0.637. The second kappa shape index (κ2) is 7.97. The molecule has 1 rings (SSSR count). The highest BCUT2D eigenvalue weighted by molar-refractivity contribution is 5.95. The third-order valence-corrected chi connectivity index (χ3v) is 3.54. The zero-order chi connectivity index (χ0) is 15.1. The number of methoxy groups -OCH3 is 1. The number of hydrogen-bond acceptors (Lipinski definition) is 3. The maximum Gasteiger partial charge on any atom is 0.138 e. The van der Waals surface area contributed by atoms with E-state index in [-0.39, 0.29) is 11.4 Å². The van der Waals surface area contributed by atoms with Gasteiger partial charge in [0.15, 0.2) is 0 Å². The van der Waals surface area contributed by atoms with E-state index in [0.29, 0.717) is 24.8 Å². The smallest absolute Gasteiger partial charge is 0.138 e. The molecule has 0 heterocycles. The van der Waals surface area contributed by atoms with Crippen LogP contribution in [-0.4, -0.2) is 37.0 Å². The number of nitrogens with one attached hydrogen (secondary N) is 1. The van der Waals surface area contributed by atoms with Crippen LogP contribution < -0.4 is 5.73 Å². The number of hydrogen-bond donors (Lipinski definition) is 2. The summed E-state index contributed by atoms with van der Waals surface area (Å²) in [5, 5.41) is 7.39. The van der Waals surface area contributed by atoms with Crippen LogP contribution in [0.2, 0.25) is 0 Å². The van der Waals surface area contributed by atoms with E-state index in [9.17, 15) is 4.39 Å². The molecule has 0 aliphatic heterocycles. The van der Waals surface area contributed by atoms with Crippen LogP contribution in [0.3, 0.4) is 0 Å². The summed E-state index contributed by atoms with van der Waals surface area (Å²) in [4.78, 5) is 2.17.